The van der Waals surface area contributed by atoms with Crippen molar-refractivity contribution in [1.29, 1.82) is 0 Å². The molecule has 1 aromatic heterocycles. The Morgan fingerprint density at radius 3 is 2.67 bits per heavy atom. The third-order valence-corrected chi connectivity index (χ3v) is 5.94. The quantitative estimate of drug-likeness (QED) is 0.552. The van der Waals surface area contributed by atoms with Crippen LogP contribution in [0, 0.1) is 0 Å². The Bertz CT molecular complexity index is 1200. The predicted molar refractivity (Wildman–Crippen MR) is 126 cm³/mol. The first-order valence-corrected chi connectivity index (χ1v) is 11.1. The number of carbonyl (C=O) groups is 1. The van der Waals surface area contributed by atoms with Gasteiger partial charge in [0, 0.05) is 30.4 Å². The smallest absolute Gasteiger partial charge is 0.256 e. The van der Waals surface area contributed by atoms with E-state index in [1.165, 1.54) is 6.07 Å². The van der Waals surface area contributed by atoms with Crippen molar-refractivity contribution < 1.29 is 19.4 Å². The highest BCUT2D eigenvalue weighted by atomic mass is 16.5. The lowest BCUT2D eigenvalue weighted by molar-refractivity contribution is 0.0942. The summed E-state index contributed by atoms with van der Waals surface area (Å²) < 4.78 is 13.7. The summed E-state index contributed by atoms with van der Waals surface area (Å²) in [6, 6.07) is 15.4. The lowest BCUT2D eigenvalue weighted by atomic mass is 9.90. The minimum atomic E-state index is -0.479. The number of aliphatic hydroxyl groups is 1. The number of fused-ring (bicyclic) bond motifs is 3. The Balaban J connectivity index is 1.73. The molecular weight excluding hydrogens is 420 g/mol. The molecule has 0 saturated heterocycles. The van der Waals surface area contributed by atoms with E-state index in [2.05, 4.69) is 12.2 Å². The standard InChI is InChI=1S/C26H28N2O5/c1-3-19-11-18-12-25(33-16-17-7-5-4-6-8-17)24(32-2)13-20(18)22-14-23(30)21(15-28(19)22)26(31)27-9-10-29/h4-8,12-15,19,29H,3,9-11,16H2,1-2H3,(H,27,31). The van der Waals surface area contributed by atoms with Gasteiger partial charge in [0.05, 0.1) is 19.4 Å². The van der Waals surface area contributed by atoms with E-state index in [9.17, 15) is 9.59 Å². The van der Waals surface area contributed by atoms with Crippen molar-refractivity contribution in [3.05, 3.63) is 81.6 Å². The largest absolute Gasteiger partial charge is 0.493 e. The molecular formula is C26H28N2O5. The summed E-state index contributed by atoms with van der Waals surface area (Å²) in [5, 5.41) is 11.5. The van der Waals surface area contributed by atoms with Crippen molar-refractivity contribution in [3.63, 3.8) is 0 Å². The van der Waals surface area contributed by atoms with Crippen LogP contribution in [0.1, 0.15) is 40.9 Å². The number of nitrogens with zero attached hydrogens (tertiary/aromatic N) is 1. The third-order valence-electron chi connectivity index (χ3n) is 5.94. The van der Waals surface area contributed by atoms with Crippen molar-refractivity contribution in [2.24, 2.45) is 0 Å². The van der Waals surface area contributed by atoms with Gasteiger partial charge in [0.15, 0.2) is 16.9 Å². The second-order valence-corrected chi connectivity index (χ2v) is 8.02. The number of hydrogen-bond acceptors (Lipinski definition) is 5. The molecule has 1 atom stereocenters. The molecule has 0 spiro atoms. The predicted octanol–water partition coefficient (Wildman–Crippen LogP) is 3.33. The van der Waals surface area contributed by atoms with E-state index in [1.54, 1.807) is 13.3 Å². The van der Waals surface area contributed by atoms with Crippen molar-refractivity contribution in [1.82, 2.24) is 9.88 Å². The topological polar surface area (TPSA) is 89.8 Å². The second-order valence-electron chi connectivity index (χ2n) is 8.02. The molecule has 2 N–H and O–H groups in total. The highest BCUT2D eigenvalue weighted by Crippen LogP contribution is 2.41. The zero-order valence-electron chi connectivity index (χ0n) is 18.8. The van der Waals surface area contributed by atoms with Gasteiger partial charge in [0.2, 0.25) is 0 Å². The monoisotopic (exact) mass is 448 g/mol. The summed E-state index contributed by atoms with van der Waals surface area (Å²) in [6.45, 7) is 2.43. The van der Waals surface area contributed by atoms with Crippen LogP contribution in [-0.2, 0) is 13.0 Å². The Labute approximate surface area is 192 Å². The molecule has 3 aromatic rings. The van der Waals surface area contributed by atoms with Crippen LogP contribution in [0.4, 0.5) is 0 Å². The summed E-state index contributed by atoms with van der Waals surface area (Å²) in [5.74, 6) is 0.765. The van der Waals surface area contributed by atoms with Gasteiger partial charge in [-0.1, -0.05) is 37.3 Å². The fraction of sp³-hybridized carbons (Fsp3) is 0.308. The number of hydrogen-bond donors (Lipinski definition) is 2. The molecule has 33 heavy (non-hydrogen) atoms. The summed E-state index contributed by atoms with van der Waals surface area (Å²) >= 11 is 0. The van der Waals surface area contributed by atoms with Crippen molar-refractivity contribution in [2.45, 2.75) is 32.4 Å². The Morgan fingerprint density at radius 2 is 1.97 bits per heavy atom. The molecule has 172 valence electrons. The number of ether oxygens (including phenoxy) is 2. The third kappa shape index (κ3) is 4.64. The molecule has 2 aromatic carbocycles. The number of rotatable bonds is 8. The lowest BCUT2D eigenvalue weighted by Gasteiger charge is -2.31. The van der Waals surface area contributed by atoms with Crippen LogP contribution < -0.4 is 20.2 Å². The van der Waals surface area contributed by atoms with E-state index in [0.717, 1.165) is 35.2 Å². The van der Waals surface area contributed by atoms with Gasteiger partial charge < -0.3 is 24.5 Å². The fourth-order valence-corrected chi connectivity index (χ4v) is 4.21. The van der Waals surface area contributed by atoms with Crippen molar-refractivity contribution >= 4 is 5.91 Å². The molecule has 0 saturated carbocycles. The van der Waals surface area contributed by atoms with Crippen LogP contribution in [0.2, 0.25) is 0 Å². The molecule has 7 heteroatoms. The number of aliphatic hydroxyl groups excluding tert-OH is 1. The highest BCUT2D eigenvalue weighted by molar-refractivity contribution is 5.94. The van der Waals surface area contributed by atoms with E-state index in [4.69, 9.17) is 14.6 Å². The normalized spacial score (nSPS) is 14.2. The van der Waals surface area contributed by atoms with Gasteiger partial charge in [-0.3, -0.25) is 9.59 Å². The highest BCUT2D eigenvalue weighted by Gasteiger charge is 2.27. The van der Waals surface area contributed by atoms with E-state index in [0.29, 0.717) is 18.1 Å². The Morgan fingerprint density at radius 1 is 1.18 bits per heavy atom. The number of methoxy groups -OCH3 is 1. The van der Waals surface area contributed by atoms with Crippen LogP contribution in [0.25, 0.3) is 11.3 Å². The number of benzene rings is 2. The molecule has 0 bridgehead atoms. The summed E-state index contributed by atoms with van der Waals surface area (Å²) in [4.78, 5) is 25.2. The van der Waals surface area contributed by atoms with Crippen LogP contribution in [-0.4, -0.2) is 35.8 Å². The van der Waals surface area contributed by atoms with Crippen LogP contribution >= 0.6 is 0 Å². The van der Waals surface area contributed by atoms with Gasteiger partial charge in [0.1, 0.15) is 12.2 Å². The minimum Gasteiger partial charge on any atom is -0.493 e. The number of amides is 1. The maximum absolute atomic E-state index is 12.8. The zero-order valence-corrected chi connectivity index (χ0v) is 18.8. The van der Waals surface area contributed by atoms with Crippen molar-refractivity contribution in [3.8, 4) is 22.8 Å². The van der Waals surface area contributed by atoms with Gasteiger partial charge in [0.25, 0.3) is 5.91 Å². The first kappa shape index (κ1) is 22.6. The number of nitrogens with one attached hydrogen (secondary N) is 1. The molecule has 7 nitrogen and oxygen atoms in total. The number of pyridine rings is 1. The molecule has 1 unspecified atom stereocenters. The average Bonchev–Trinajstić information content (AvgIpc) is 2.85. The van der Waals surface area contributed by atoms with Gasteiger partial charge in [-0.2, -0.15) is 0 Å². The maximum atomic E-state index is 12.8. The summed E-state index contributed by atoms with van der Waals surface area (Å²) in [6.07, 6.45) is 3.21. The Hall–Kier alpha value is -3.58. The minimum absolute atomic E-state index is 0.0730. The first-order chi connectivity index (χ1) is 16.0. The van der Waals surface area contributed by atoms with Gasteiger partial charge in [-0.25, -0.2) is 0 Å². The van der Waals surface area contributed by atoms with Crippen LogP contribution in [0.15, 0.2) is 59.5 Å². The summed E-state index contributed by atoms with van der Waals surface area (Å²) in [5.41, 5.74) is 3.49. The van der Waals surface area contributed by atoms with E-state index >= 15 is 0 Å². The van der Waals surface area contributed by atoms with Crippen LogP contribution in [0.5, 0.6) is 11.5 Å². The van der Waals surface area contributed by atoms with E-state index in [-0.39, 0.29) is 30.2 Å². The first-order valence-electron chi connectivity index (χ1n) is 11.1. The van der Waals surface area contributed by atoms with E-state index in [1.807, 2.05) is 47.0 Å². The SMILES string of the molecule is CCC1Cc2cc(OCc3ccccc3)c(OC)cc2-c2cc(=O)c(C(=O)NCCO)cn21. The van der Waals surface area contributed by atoms with Gasteiger partial charge in [-0.05, 0) is 36.1 Å². The van der Waals surface area contributed by atoms with E-state index < -0.39 is 5.91 Å². The van der Waals surface area contributed by atoms with Gasteiger partial charge in [-0.15, -0.1) is 0 Å². The zero-order chi connectivity index (χ0) is 23.4. The molecule has 1 aliphatic rings. The molecule has 0 aliphatic carbocycles. The molecule has 4 rings (SSSR count). The average molecular weight is 449 g/mol. The molecule has 1 aliphatic heterocycles. The van der Waals surface area contributed by atoms with Crippen LogP contribution in [0.3, 0.4) is 0 Å². The number of aromatic nitrogens is 1. The molecule has 0 fully saturated rings. The maximum Gasteiger partial charge on any atom is 0.256 e. The fourth-order valence-electron chi connectivity index (χ4n) is 4.21. The number of carbonyl (C=O) groups excluding carboxylic acids is 1. The summed E-state index contributed by atoms with van der Waals surface area (Å²) in [7, 11) is 1.59. The molecule has 0 radical (unpaired) electrons. The van der Waals surface area contributed by atoms with Crippen molar-refractivity contribution in [2.75, 3.05) is 20.3 Å². The van der Waals surface area contributed by atoms with Gasteiger partial charge >= 0.3 is 0 Å². The molecule has 1 amide bonds. The Kier molecular flexibility index (Phi) is 6.79. The molecule has 2 heterocycles. The second kappa shape index (κ2) is 9.92. The lowest BCUT2D eigenvalue weighted by Crippen LogP contribution is -2.32.